The van der Waals surface area contributed by atoms with Gasteiger partial charge in [-0.15, -0.1) is 22.7 Å². The number of benzene rings is 2. The lowest BCUT2D eigenvalue weighted by molar-refractivity contribution is 0.0701. The lowest BCUT2D eigenvalue weighted by Gasteiger charge is -2.20. The Labute approximate surface area is 225 Å². The molecule has 0 aliphatic carbocycles. The number of rotatable bonds is 8. The smallest absolute Gasteiger partial charge is 0.346 e. The molecule has 4 aromatic rings. The van der Waals surface area contributed by atoms with Crippen molar-refractivity contribution in [2.75, 3.05) is 6.61 Å². The molecule has 2 aromatic heterocycles. The Morgan fingerprint density at radius 3 is 2.22 bits per heavy atom. The number of Topliss-reactive ketones (excluding diaryl/α,β-unsaturated/α-hetero) is 1. The van der Waals surface area contributed by atoms with Crippen molar-refractivity contribution in [3.8, 4) is 10.4 Å². The Morgan fingerprint density at radius 2 is 1.70 bits per heavy atom. The van der Waals surface area contributed by atoms with E-state index in [2.05, 4.69) is 4.98 Å². The zero-order valence-electron chi connectivity index (χ0n) is 21.5. The van der Waals surface area contributed by atoms with Crippen LogP contribution in [-0.2, 0) is 15.3 Å². The maximum atomic E-state index is 13.9. The maximum Gasteiger partial charge on any atom is 0.346 e. The molecule has 1 unspecified atom stereocenters. The van der Waals surface area contributed by atoms with Crippen LogP contribution in [0.5, 0.6) is 0 Å². The first-order valence-electron chi connectivity index (χ1n) is 11.7. The molecule has 37 heavy (non-hydrogen) atoms. The lowest BCUT2D eigenvalue weighted by atomic mass is 10.1. The molecule has 2 heterocycles. The molecule has 0 saturated carbocycles. The summed E-state index contributed by atoms with van der Waals surface area (Å²) in [5, 5.41) is 12.1. The average Bonchev–Trinajstić information content (AvgIpc) is 3.51. The second-order valence-electron chi connectivity index (χ2n) is 8.61. The van der Waals surface area contributed by atoms with Crippen LogP contribution in [0.1, 0.15) is 56.3 Å². The van der Waals surface area contributed by atoms with Gasteiger partial charge in [0.1, 0.15) is 10.6 Å². The fraction of sp³-hybridized carbons (Fsp3) is 0.250. The minimum absolute atomic E-state index is 0.0336. The average molecular weight is 556 g/mol. The molecule has 194 valence electrons. The molecule has 9 heteroatoms. The molecule has 0 bridgehead atoms. The third-order valence-electron chi connectivity index (χ3n) is 5.57. The first-order chi connectivity index (χ1) is 17.5. The number of thiophene rings is 1. The summed E-state index contributed by atoms with van der Waals surface area (Å²) in [6.45, 7) is 9.51. The third kappa shape index (κ3) is 7.33. The summed E-state index contributed by atoms with van der Waals surface area (Å²) in [5.41, 5.74) is 6.83. The van der Waals surface area contributed by atoms with Crippen molar-refractivity contribution in [3.05, 3.63) is 92.2 Å². The second-order valence-corrected chi connectivity index (χ2v) is 12.8. The third-order valence-corrected chi connectivity index (χ3v) is 10.0. The van der Waals surface area contributed by atoms with Gasteiger partial charge in [-0.2, -0.15) is 0 Å². The molecule has 6 nitrogen and oxygen atoms in total. The van der Waals surface area contributed by atoms with Gasteiger partial charge in [0.2, 0.25) is 7.37 Å². The molecule has 0 amide bonds. The molecule has 4 rings (SSSR count). The Kier molecular flexibility index (Phi) is 9.74. The number of carboxylic acids is 1. The number of aromatic carboxylic acids is 1. The molecule has 0 spiro atoms. The Balaban J connectivity index is 0.000000405. The summed E-state index contributed by atoms with van der Waals surface area (Å²) in [6, 6.07) is 15.5. The highest BCUT2D eigenvalue weighted by Gasteiger charge is 2.31. The van der Waals surface area contributed by atoms with Crippen LogP contribution in [-0.4, -0.2) is 28.4 Å². The van der Waals surface area contributed by atoms with E-state index in [0.29, 0.717) is 23.2 Å². The number of ketones is 1. The zero-order valence-corrected chi connectivity index (χ0v) is 24.0. The molecule has 1 N–H and O–H groups in total. The fourth-order valence-corrected chi connectivity index (χ4v) is 7.94. The Hall–Kier alpha value is -2.90. The van der Waals surface area contributed by atoms with Crippen LogP contribution in [0.2, 0.25) is 0 Å². The number of hydrogen-bond donors (Lipinski definition) is 1. The number of carbonyl (C=O) groups excluding carboxylic acids is 1. The quantitative estimate of drug-likeness (QED) is 0.178. The van der Waals surface area contributed by atoms with Gasteiger partial charge in [0.15, 0.2) is 5.78 Å². The van der Waals surface area contributed by atoms with Crippen molar-refractivity contribution < 1.29 is 23.8 Å². The predicted octanol–water partition coefficient (Wildman–Crippen LogP) is 7.52. The van der Waals surface area contributed by atoms with Gasteiger partial charge in [-0.25, -0.2) is 9.78 Å². The molecule has 2 aromatic carbocycles. The standard InChI is InChI=1S/C23H25O4PS.C5H5NOS/c1-5-27-28(26,20-11-8-16(3)12-17(20)4)14-19-13-21(29-22(19)23(24)25)18-9-6-15(2)7-10-18;1-4(7)5-2-8-3-6-5/h6-13H,5,14H2,1-4H3,(H,24,25);2-3H,1H3. The Bertz CT molecular complexity index is 1430. The van der Waals surface area contributed by atoms with E-state index < -0.39 is 13.3 Å². The zero-order chi connectivity index (χ0) is 27.2. The van der Waals surface area contributed by atoms with Crippen LogP contribution in [0.15, 0.2) is 59.4 Å². The van der Waals surface area contributed by atoms with E-state index in [9.17, 15) is 19.3 Å². The normalized spacial score (nSPS) is 12.4. The number of aromatic nitrogens is 1. The van der Waals surface area contributed by atoms with Crippen molar-refractivity contribution in [3.63, 3.8) is 0 Å². The van der Waals surface area contributed by atoms with Crippen molar-refractivity contribution in [1.29, 1.82) is 0 Å². The van der Waals surface area contributed by atoms with E-state index in [4.69, 9.17) is 4.52 Å². The highest BCUT2D eigenvalue weighted by Crippen LogP contribution is 2.51. The van der Waals surface area contributed by atoms with Crippen molar-refractivity contribution in [1.82, 2.24) is 4.98 Å². The van der Waals surface area contributed by atoms with Crippen LogP contribution in [0.25, 0.3) is 10.4 Å². The van der Waals surface area contributed by atoms with Gasteiger partial charge in [0.25, 0.3) is 0 Å². The summed E-state index contributed by atoms with van der Waals surface area (Å²) >= 11 is 2.65. The van der Waals surface area contributed by atoms with Gasteiger partial charge in [0, 0.05) is 22.5 Å². The van der Waals surface area contributed by atoms with Crippen LogP contribution < -0.4 is 5.30 Å². The van der Waals surface area contributed by atoms with Crippen LogP contribution in [0.4, 0.5) is 0 Å². The SMILES string of the molecule is CC(=O)c1cscn1.CCOP(=O)(Cc1cc(-c2ccc(C)cc2)sc1C(=O)O)c1ccc(C)cc1C. The number of hydrogen-bond acceptors (Lipinski definition) is 7. The summed E-state index contributed by atoms with van der Waals surface area (Å²) in [7, 11) is -3.26. The number of aryl methyl sites for hydroxylation is 3. The van der Waals surface area contributed by atoms with E-state index in [-0.39, 0.29) is 16.8 Å². The molecule has 0 radical (unpaired) electrons. The number of nitrogens with zero attached hydrogens (tertiary/aromatic N) is 1. The van der Waals surface area contributed by atoms with Crippen LogP contribution in [0.3, 0.4) is 0 Å². The predicted molar refractivity (Wildman–Crippen MR) is 152 cm³/mol. The Morgan fingerprint density at radius 1 is 1.03 bits per heavy atom. The lowest BCUT2D eigenvalue weighted by Crippen LogP contribution is -2.14. The first kappa shape index (κ1) is 28.7. The second kappa shape index (κ2) is 12.6. The molecule has 0 aliphatic rings. The number of carboxylic acid groups (broad SMARTS) is 1. The van der Waals surface area contributed by atoms with Crippen molar-refractivity contribution in [2.45, 2.75) is 40.8 Å². The van der Waals surface area contributed by atoms with Gasteiger partial charge < -0.3 is 9.63 Å². The van der Waals surface area contributed by atoms with Gasteiger partial charge >= 0.3 is 5.97 Å². The summed E-state index contributed by atoms with van der Waals surface area (Å²) in [5.74, 6) is -0.974. The molecule has 1 atom stereocenters. The largest absolute Gasteiger partial charge is 0.477 e. The first-order valence-corrected chi connectivity index (χ1v) is 15.2. The van der Waals surface area contributed by atoms with Crippen LogP contribution in [0, 0.1) is 20.8 Å². The summed E-state index contributed by atoms with van der Waals surface area (Å²) < 4.78 is 19.6. The van der Waals surface area contributed by atoms with Crippen molar-refractivity contribution in [2.24, 2.45) is 0 Å². The fourth-order valence-electron chi connectivity index (χ4n) is 3.79. The van der Waals surface area contributed by atoms with Gasteiger partial charge in [-0.05, 0) is 56.5 Å². The van der Waals surface area contributed by atoms with E-state index in [1.807, 2.05) is 69.3 Å². The topological polar surface area (TPSA) is 93.6 Å². The molecular weight excluding hydrogens is 525 g/mol. The highest BCUT2D eigenvalue weighted by atomic mass is 32.1. The molecular formula is C28H30NO5PS2. The summed E-state index contributed by atoms with van der Waals surface area (Å²) in [6.07, 6.45) is 0.0642. The van der Waals surface area contributed by atoms with Gasteiger partial charge in [-0.1, -0.05) is 47.5 Å². The molecule has 0 fully saturated rings. The van der Waals surface area contributed by atoms with Gasteiger partial charge in [-0.3, -0.25) is 9.36 Å². The number of carbonyl (C=O) groups is 2. The molecule has 0 aliphatic heterocycles. The maximum absolute atomic E-state index is 13.9. The minimum atomic E-state index is -3.26. The summed E-state index contributed by atoms with van der Waals surface area (Å²) in [4.78, 5) is 27.2. The van der Waals surface area contributed by atoms with E-state index in [1.165, 1.54) is 29.6 Å². The number of thiazole rings is 1. The molecule has 0 saturated heterocycles. The van der Waals surface area contributed by atoms with E-state index in [1.54, 1.807) is 17.8 Å². The van der Waals surface area contributed by atoms with Crippen LogP contribution >= 0.6 is 30.0 Å². The van der Waals surface area contributed by atoms with Crippen molar-refractivity contribution >= 4 is 47.1 Å². The minimum Gasteiger partial charge on any atom is -0.477 e. The monoisotopic (exact) mass is 555 g/mol. The van der Waals surface area contributed by atoms with Gasteiger partial charge in [0.05, 0.1) is 18.3 Å². The van der Waals surface area contributed by atoms with E-state index >= 15 is 0 Å². The van der Waals surface area contributed by atoms with E-state index in [0.717, 1.165) is 27.1 Å². The highest BCUT2D eigenvalue weighted by molar-refractivity contribution is 7.66.